The minimum Gasteiger partial charge on any atom is -0.390 e. The second-order valence-electron chi connectivity index (χ2n) is 10.5. The molecule has 3 aromatic carbocycles. The van der Waals surface area contributed by atoms with Crippen molar-refractivity contribution >= 4 is 51.3 Å². The lowest BCUT2D eigenvalue weighted by Gasteiger charge is -2.47. The number of aliphatic hydroxyl groups is 1. The van der Waals surface area contributed by atoms with E-state index in [0.717, 1.165) is 24.0 Å². The molecule has 0 spiro atoms. The zero-order valence-corrected chi connectivity index (χ0v) is 26.1. The van der Waals surface area contributed by atoms with Gasteiger partial charge in [0, 0.05) is 40.9 Å². The molecule has 4 rings (SSSR count). The molecule has 0 saturated carbocycles. The van der Waals surface area contributed by atoms with Gasteiger partial charge >= 0.3 is 0 Å². The lowest BCUT2D eigenvalue weighted by Crippen LogP contribution is -2.49. The van der Waals surface area contributed by atoms with E-state index in [1.165, 1.54) is 0 Å². The van der Waals surface area contributed by atoms with Gasteiger partial charge in [0.25, 0.3) is 5.91 Å². The lowest BCUT2D eigenvalue weighted by atomic mass is 10.00. The number of hydrogen-bond donors (Lipinski definition) is 6. The average Bonchev–Trinajstić information content (AvgIpc) is 2.96. The summed E-state index contributed by atoms with van der Waals surface area (Å²) < 4.78 is 23.0. The molecule has 1 saturated heterocycles. The number of benzene rings is 3. The van der Waals surface area contributed by atoms with E-state index in [1.54, 1.807) is 28.6 Å². The third-order valence-corrected chi connectivity index (χ3v) is 9.77. The van der Waals surface area contributed by atoms with E-state index in [9.17, 15) is 19.0 Å². The first-order valence-corrected chi connectivity index (χ1v) is 16.7. The SMILES string of the molecule is CCNc1cc(C(=O)N[C@@H](Cc2ccccc2)[C@@H](O)CNCCc2ccc(Cl)cc2Cl)cc(N2CCCCS2(O)O)c1. The van der Waals surface area contributed by atoms with E-state index in [0.29, 0.717) is 65.2 Å². The molecule has 1 aliphatic heterocycles. The van der Waals surface area contributed by atoms with Crippen molar-refractivity contribution in [3.8, 4) is 0 Å². The minimum absolute atomic E-state index is 0.264. The number of aliphatic hydroxyl groups excluding tert-OH is 1. The molecule has 11 heteroatoms. The Bertz CT molecular complexity index is 1330. The van der Waals surface area contributed by atoms with Crippen LogP contribution in [0.4, 0.5) is 11.4 Å². The molecule has 228 valence electrons. The van der Waals surface area contributed by atoms with Crippen molar-refractivity contribution in [2.45, 2.75) is 44.8 Å². The first-order chi connectivity index (χ1) is 20.2. The highest BCUT2D eigenvalue weighted by Crippen LogP contribution is 2.50. The van der Waals surface area contributed by atoms with E-state index in [-0.39, 0.29) is 12.5 Å². The highest BCUT2D eigenvalue weighted by Gasteiger charge is 2.28. The van der Waals surface area contributed by atoms with Crippen LogP contribution in [0.5, 0.6) is 0 Å². The van der Waals surface area contributed by atoms with Gasteiger partial charge in [0.1, 0.15) is 0 Å². The average molecular weight is 636 g/mol. The number of nitrogens with zero attached hydrogens (tertiary/aromatic N) is 1. The number of carbonyl (C=O) groups is 1. The lowest BCUT2D eigenvalue weighted by molar-refractivity contribution is 0.0831. The van der Waals surface area contributed by atoms with Gasteiger partial charge < -0.3 is 21.1 Å². The number of nitrogens with one attached hydrogen (secondary N) is 3. The maximum absolute atomic E-state index is 13.6. The molecule has 1 fully saturated rings. The normalized spacial score (nSPS) is 16.9. The molecule has 0 bridgehead atoms. The Balaban J connectivity index is 1.48. The number of rotatable bonds is 13. The Hall–Kier alpha value is -2.50. The van der Waals surface area contributed by atoms with Crippen molar-refractivity contribution in [2.24, 2.45) is 0 Å². The molecule has 1 amide bonds. The molecule has 1 heterocycles. The summed E-state index contributed by atoms with van der Waals surface area (Å²) in [7, 11) is -2.96. The highest BCUT2D eigenvalue weighted by atomic mass is 35.5. The third kappa shape index (κ3) is 9.00. The Morgan fingerprint density at radius 2 is 1.83 bits per heavy atom. The number of halogens is 2. The summed E-state index contributed by atoms with van der Waals surface area (Å²) in [6.45, 7) is 3.95. The Kier molecular flexibility index (Phi) is 11.8. The van der Waals surface area contributed by atoms with Crippen molar-refractivity contribution in [1.29, 1.82) is 0 Å². The van der Waals surface area contributed by atoms with E-state index in [2.05, 4.69) is 16.0 Å². The molecule has 0 radical (unpaired) electrons. The molecule has 8 nitrogen and oxygen atoms in total. The molecule has 0 aliphatic carbocycles. The minimum atomic E-state index is -2.96. The monoisotopic (exact) mass is 634 g/mol. The van der Waals surface area contributed by atoms with Gasteiger partial charge in [-0.05, 0) is 80.6 Å². The van der Waals surface area contributed by atoms with Crippen LogP contribution in [0.25, 0.3) is 0 Å². The van der Waals surface area contributed by atoms with Crippen LogP contribution >= 0.6 is 34.0 Å². The zero-order chi connectivity index (χ0) is 30.1. The van der Waals surface area contributed by atoms with Crippen LogP contribution in [0, 0.1) is 0 Å². The fraction of sp³-hybridized carbons (Fsp3) is 0.387. The van der Waals surface area contributed by atoms with Crippen LogP contribution in [0.1, 0.15) is 41.3 Å². The summed E-state index contributed by atoms with van der Waals surface area (Å²) in [5.41, 5.74) is 3.61. The van der Waals surface area contributed by atoms with Crippen LogP contribution in [-0.2, 0) is 12.8 Å². The van der Waals surface area contributed by atoms with Gasteiger partial charge in [-0.25, -0.2) is 0 Å². The van der Waals surface area contributed by atoms with Crippen LogP contribution in [0.15, 0.2) is 66.7 Å². The molecule has 0 aromatic heterocycles. The molecule has 1 aliphatic rings. The van der Waals surface area contributed by atoms with Crippen molar-refractivity contribution < 1.29 is 19.0 Å². The van der Waals surface area contributed by atoms with Gasteiger partial charge in [-0.2, -0.15) is 0 Å². The number of anilines is 2. The smallest absolute Gasteiger partial charge is 0.251 e. The summed E-state index contributed by atoms with van der Waals surface area (Å²) in [6.07, 6.45) is 1.81. The van der Waals surface area contributed by atoms with Crippen molar-refractivity contribution in [3.05, 3.63) is 93.5 Å². The number of carbonyl (C=O) groups excluding carboxylic acids is 1. The maximum Gasteiger partial charge on any atom is 0.251 e. The van der Waals surface area contributed by atoms with Gasteiger partial charge in [-0.15, -0.1) is 10.8 Å². The Morgan fingerprint density at radius 3 is 2.55 bits per heavy atom. The van der Waals surface area contributed by atoms with Gasteiger partial charge in [-0.1, -0.05) is 59.6 Å². The molecule has 3 aromatic rings. The first-order valence-electron chi connectivity index (χ1n) is 14.3. The van der Waals surface area contributed by atoms with Crippen LogP contribution < -0.4 is 20.3 Å². The second-order valence-corrected chi connectivity index (χ2v) is 13.4. The summed E-state index contributed by atoms with van der Waals surface area (Å²) in [4.78, 5) is 13.6. The largest absolute Gasteiger partial charge is 0.390 e. The number of hydrogen-bond acceptors (Lipinski definition) is 7. The van der Waals surface area contributed by atoms with Crippen molar-refractivity contribution in [3.63, 3.8) is 0 Å². The third-order valence-electron chi connectivity index (χ3n) is 7.25. The fourth-order valence-corrected chi connectivity index (χ4v) is 7.22. The molecular weight excluding hydrogens is 595 g/mol. The van der Waals surface area contributed by atoms with E-state index < -0.39 is 22.9 Å². The molecule has 6 N–H and O–H groups in total. The molecule has 2 atom stereocenters. The summed E-state index contributed by atoms with van der Waals surface area (Å²) in [5.74, 6) is -0.0415. The Morgan fingerprint density at radius 1 is 1.05 bits per heavy atom. The van der Waals surface area contributed by atoms with Crippen LogP contribution in [0.2, 0.25) is 10.0 Å². The van der Waals surface area contributed by atoms with E-state index in [1.807, 2.05) is 49.4 Å². The van der Waals surface area contributed by atoms with Crippen LogP contribution in [-0.4, -0.2) is 64.2 Å². The number of amides is 1. The Labute approximate surface area is 259 Å². The first kappa shape index (κ1) is 32.4. The molecular formula is C31H40Cl2N4O4S. The second kappa shape index (κ2) is 15.3. The predicted octanol–water partition coefficient (Wildman–Crippen LogP) is 6.23. The molecule has 42 heavy (non-hydrogen) atoms. The van der Waals surface area contributed by atoms with Gasteiger partial charge in [0.2, 0.25) is 0 Å². The zero-order valence-electron chi connectivity index (χ0n) is 23.7. The van der Waals surface area contributed by atoms with Gasteiger partial charge in [0.05, 0.1) is 23.6 Å². The predicted molar refractivity (Wildman–Crippen MR) is 175 cm³/mol. The van der Waals surface area contributed by atoms with E-state index in [4.69, 9.17) is 23.2 Å². The molecule has 0 unspecified atom stereocenters. The van der Waals surface area contributed by atoms with Crippen molar-refractivity contribution in [1.82, 2.24) is 10.6 Å². The van der Waals surface area contributed by atoms with Crippen LogP contribution in [0.3, 0.4) is 0 Å². The summed E-state index contributed by atoms with van der Waals surface area (Å²) in [6, 6.07) is 19.8. The van der Waals surface area contributed by atoms with Crippen molar-refractivity contribution in [2.75, 3.05) is 41.6 Å². The fourth-order valence-electron chi connectivity index (χ4n) is 5.04. The summed E-state index contributed by atoms with van der Waals surface area (Å²) in [5, 5.41) is 22.0. The van der Waals surface area contributed by atoms with Gasteiger partial charge in [-0.3, -0.25) is 18.2 Å². The topological polar surface area (TPSA) is 117 Å². The van der Waals surface area contributed by atoms with E-state index >= 15 is 0 Å². The highest BCUT2D eigenvalue weighted by molar-refractivity contribution is 8.25. The van der Waals surface area contributed by atoms with Gasteiger partial charge in [0.15, 0.2) is 0 Å². The standard InChI is InChI=1S/C31H40Cl2N4O4S/c1-2-35-26-17-24(18-27(20-26)37-14-6-7-15-42(37,40)41)31(39)36-29(16-22-8-4-3-5-9-22)30(38)21-34-13-12-23-10-11-25(32)19-28(23)33/h3-5,8-11,17-20,29-30,34-35,38,40-41H,2,6-7,12-16,21H2,1H3,(H,36,39)/t29-,30-/m0/s1. The quantitative estimate of drug-likeness (QED) is 0.124. The maximum atomic E-state index is 13.6. The summed E-state index contributed by atoms with van der Waals surface area (Å²) >= 11 is 12.3.